The highest BCUT2D eigenvalue weighted by Gasteiger charge is 2.13. The molecule has 0 spiro atoms. The van der Waals surface area contributed by atoms with Crippen LogP contribution < -0.4 is 4.74 Å². The minimum Gasteiger partial charge on any atom is -0.481 e. The molecule has 0 aliphatic carbocycles. The van der Waals surface area contributed by atoms with E-state index < -0.39 is 0 Å². The first kappa shape index (κ1) is 13.6. The second-order valence-electron chi connectivity index (χ2n) is 5.07. The number of imidazole rings is 1. The SMILES string of the molecule is CCn1c(Cc2ccccc2C)nc2ccc(OC)nc21. The Bertz CT molecular complexity index is 777. The Morgan fingerprint density at radius 3 is 2.62 bits per heavy atom. The van der Waals surface area contributed by atoms with Crippen molar-refractivity contribution in [3.63, 3.8) is 0 Å². The third kappa shape index (κ3) is 2.49. The van der Waals surface area contributed by atoms with Gasteiger partial charge >= 0.3 is 0 Å². The van der Waals surface area contributed by atoms with Gasteiger partial charge in [0.05, 0.1) is 7.11 Å². The molecule has 0 bridgehead atoms. The number of hydrogen-bond donors (Lipinski definition) is 0. The molecule has 4 nitrogen and oxygen atoms in total. The highest BCUT2D eigenvalue weighted by Crippen LogP contribution is 2.21. The third-order valence-corrected chi connectivity index (χ3v) is 3.78. The monoisotopic (exact) mass is 281 g/mol. The number of fused-ring (bicyclic) bond motifs is 1. The molecule has 0 fully saturated rings. The van der Waals surface area contributed by atoms with Gasteiger partial charge in [-0.15, -0.1) is 0 Å². The molecule has 0 unspecified atom stereocenters. The van der Waals surface area contributed by atoms with Crippen LogP contribution in [-0.2, 0) is 13.0 Å². The van der Waals surface area contributed by atoms with Crippen molar-refractivity contribution < 1.29 is 4.74 Å². The molecule has 3 aromatic rings. The third-order valence-electron chi connectivity index (χ3n) is 3.78. The summed E-state index contributed by atoms with van der Waals surface area (Å²) in [6, 6.07) is 12.2. The average molecular weight is 281 g/mol. The van der Waals surface area contributed by atoms with E-state index in [-0.39, 0.29) is 0 Å². The van der Waals surface area contributed by atoms with E-state index in [9.17, 15) is 0 Å². The number of hydrogen-bond acceptors (Lipinski definition) is 3. The van der Waals surface area contributed by atoms with Gasteiger partial charge in [-0.25, -0.2) is 4.98 Å². The number of aromatic nitrogens is 3. The summed E-state index contributed by atoms with van der Waals surface area (Å²) in [5, 5.41) is 0. The van der Waals surface area contributed by atoms with Crippen LogP contribution in [0.2, 0.25) is 0 Å². The zero-order chi connectivity index (χ0) is 14.8. The lowest BCUT2D eigenvalue weighted by atomic mass is 10.1. The largest absolute Gasteiger partial charge is 0.481 e. The normalized spacial score (nSPS) is 11.0. The topological polar surface area (TPSA) is 39.9 Å². The Morgan fingerprint density at radius 1 is 1.10 bits per heavy atom. The zero-order valence-corrected chi connectivity index (χ0v) is 12.6. The smallest absolute Gasteiger partial charge is 0.215 e. The summed E-state index contributed by atoms with van der Waals surface area (Å²) in [4.78, 5) is 9.27. The van der Waals surface area contributed by atoms with Gasteiger partial charge in [-0.1, -0.05) is 24.3 Å². The number of methoxy groups -OCH3 is 1. The summed E-state index contributed by atoms with van der Waals surface area (Å²) < 4.78 is 7.37. The lowest BCUT2D eigenvalue weighted by molar-refractivity contribution is 0.399. The van der Waals surface area contributed by atoms with Crippen LogP contribution in [-0.4, -0.2) is 21.6 Å². The molecular weight excluding hydrogens is 262 g/mol. The predicted octanol–water partition coefficient (Wildman–Crippen LogP) is 3.36. The Hall–Kier alpha value is -2.36. The van der Waals surface area contributed by atoms with Crippen molar-refractivity contribution in [3.8, 4) is 5.88 Å². The molecule has 0 aliphatic heterocycles. The number of pyridine rings is 1. The number of nitrogens with zero attached hydrogens (tertiary/aromatic N) is 3. The predicted molar refractivity (Wildman–Crippen MR) is 83.7 cm³/mol. The molecule has 0 saturated heterocycles. The maximum Gasteiger partial charge on any atom is 0.215 e. The molecular formula is C17H19N3O. The molecule has 0 saturated carbocycles. The van der Waals surface area contributed by atoms with Crippen LogP contribution in [0, 0.1) is 6.92 Å². The van der Waals surface area contributed by atoms with Gasteiger partial charge in [0.2, 0.25) is 5.88 Å². The summed E-state index contributed by atoms with van der Waals surface area (Å²) in [6.07, 6.45) is 0.819. The average Bonchev–Trinajstić information content (AvgIpc) is 2.85. The van der Waals surface area contributed by atoms with Gasteiger partial charge in [-0.05, 0) is 31.0 Å². The Balaban J connectivity index is 2.08. The second-order valence-corrected chi connectivity index (χ2v) is 5.07. The molecule has 3 rings (SSSR count). The van der Waals surface area contributed by atoms with Gasteiger partial charge in [0.1, 0.15) is 11.3 Å². The van der Waals surface area contributed by atoms with Gasteiger partial charge in [0, 0.05) is 19.0 Å². The minimum absolute atomic E-state index is 0.625. The van der Waals surface area contributed by atoms with E-state index >= 15 is 0 Å². The Kier molecular flexibility index (Phi) is 3.60. The number of ether oxygens (including phenoxy) is 1. The molecule has 0 radical (unpaired) electrons. The van der Waals surface area contributed by atoms with Crippen molar-refractivity contribution in [2.75, 3.05) is 7.11 Å². The molecule has 108 valence electrons. The lowest BCUT2D eigenvalue weighted by Crippen LogP contribution is -2.04. The Labute approximate surface area is 124 Å². The van der Waals surface area contributed by atoms with Crippen LogP contribution in [0.25, 0.3) is 11.2 Å². The minimum atomic E-state index is 0.625. The van der Waals surface area contributed by atoms with Crippen molar-refractivity contribution in [1.29, 1.82) is 0 Å². The van der Waals surface area contributed by atoms with Crippen LogP contribution in [0.1, 0.15) is 23.9 Å². The van der Waals surface area contributed by atoms with Crippen molar-refractivity contribution in [2.24, 2.45) is 0 Å². The van der Waals surface area contributed by atoms with E-state index in [1.807, 2.05) is 12.1 Å². The number of rotatable bonds is 4. The van der Waals surface area contributed by atoms with Crippen LogP contribution in [0.3, 0.4) is 0 Å². The highest BCUT2D eigenvalue weighted by molar-refractivity contribution is 5.72. The molecule has 0 atom stereocenters. The van der Waals surface area contributed by atoms with E-state index in [1.165, 1.54) is 11.1 Å². The molecule has 1 aromatic carbocycles. The maximum absolute atomic E-state index is 5.22. The van der Waals surface area contributed by atoms with E-state index in [0.29, 0.717) is 5.88 Å². The fourth-order valence-corrected chi connectivity index (χ4v) is 2.59. The molecule has 21 heavy (non-hydrogen) atoms. The van der Waals surface area contributed by atoms with E-state index in [1.54, 1.807) is 7.11 Å². The lowest BCUT2D eigenvalue weighted by Gasteiger charge is -2.08. The van der Waals surface area contributed by atoms with Crippen LogP contribution in [0.15, 0.2) is 36.4 Å². The van der Waals surface area contributed by atoms with Crippen LogP contribution in [0.5, 0.6) is 5.88 Å². The molecule has 4 heteroatoms. The van der Waals surface area contributed by atoms with Crippen molar-refractivity contribution >= 4 is 11.2 Å². The summed E-state index contributed by atoms with van der Waals surface area (Å²) >= 11 is 0. The van der Waals surface area contributed by atoms with Gasteiger partial charge in [0.15, 0.2) is 5.65 Å². The van der Waals surface area contributed by atoms with Crippen molar-refractivity contribution in [1.82, 2.24) is 14.5 Å². The quantitative estimate of drug-likeness (QED) is 0.736. The molecule has 2 aromatic heterocycles. The molecule has 2 heterocycles. The number of benzene rings is 1. The van der Waals surface area contributed by atoms with Gasteiger partial charge in [0.25, 0.3) is 0 Å². The Morgan fingerprint density at radius 2 is 1.90 bits per heavy atom. The molecule has 0 amide bonds. The van der Waals surface area contributed by atoms with Crippen LogP contribution in [0.4, 0.5) is 0 Å². The fourth-order valence-electron chi connectivity index (χ4n) is 2.59. The number of aryl methyl sites for hydroxylation is 2. The fraction of sp³-hybridized carbons (Fsp3) is 0.294. The summed E-state index contributed by atoms with van der Waals surface area (Å²) in [5.74, 6) is 1.67. The van der Waals surface area contributed by atoms with Gasteiger partial charge < -0.3 is 9.30 Å². The first-order valence-corrected chi connectivity index (χ1v) is 7.17. The van der Waals surface area contributed by atoms with E-state index in [4.69, 9.17) is 9.72 Å². The highest BCUT2D eigenvalue weighted by atomic mass is 16.5. The second kappa shape index (κ2) is 5.56. The standard InChI is InChI=1S/C17H19N3O/c1-4-20-15(11-13-8-6-5-7-12(13)2)18-14-9-10-16(21-3)19-17(14)20/h5-10H,4,11H2,1-3H3. The first-order chi connectivity index (χ1) is 10.2. The summed E-state index contributed by atoms with van der Waals surface area (Å²) in [7, 11) is 1.63. The van der Waals surface area contributed by atoms with Gasteiger partial charge in [-0.3, -0.25) is 0 Å². The zero-order valence-electron chi connectivity index (χ0n) is 12.6. The first-order valence-electron chi connectivity index (χ1n) is 7.17. The van der Waals surface area contributed by atoms with Gasteiger partial charge in [-0.2, -0.15) is 4.98 Å². The molecule has 0 aliphatic rings. The summed E-state index contributed by atoms with van der Waals surface area (Å²) in [6.45, 7) is 5.09. The molecule has 0 N–H and O–H groups in total. The van der Waals surface area contributed by atoms with Crippen molar-refractivity contribution in [2.45, 2.75) is 26.8 Å². The van der Waals surface area contributed by atoms with E-state index in [2.05, 4.69) is 47.7 Å². The van der Waals surface area contributed by atoms with E-state index in [0.717, 1.165) is 30.0 Å². The maximum atomic E-state index is 5.22. The van der Waals surface area contributed by atoms with Crippen molar-refractivity contribution in [3.05, 3.63) is 53.3 Å². The van der Waals surface area contributed by atoms with Crippen LogP contribution >= 0.6 is 0 Å². The summed E-state index contributed by atoms with van der Waals surface area (Å²) in [5.41, 5.74) is 4.40.